The second kappa shape index (κ2) is 8.29. The first-order valence-corrected chi connectivity index (χ1v) is 9.70. The lowest BCUT2D eigenvalue weighted by atomic mass is 10.0. The summed E-state index contributed by atoms with van der Waals surface area (Å²) in [6, 6.07) is 8.02. The predicted molar refractivity (Wildman–Crippen MR) is 116 cm³/mol. The van der Waals surface area contributed by atoms with Crippen molar-refractivity contribution in [3.63, 3.8) is 0 Å². The van der Waals surface area contributed by atoms with Crippen LogP contribution in [0.15, 0.2) is 42.5 Å². The number of carboxylic acid groups (broad SMARTS) is 1. The third-order valence-electron chi connectivity index (χ3n) is 5.00. The van der Waals surface area contributed by atoms with Gasteiger partial charge in [0, 0.05) is 17.3 Å². The Morgan fingerprint density at radius 2 is 1.82 bits per heavy atom. The highest BCUT2D eigenvalue weighted by Gasteiger charge is 2.50. The molecule has 0 radical (unpaired) electrons. The van der Waals surface area contributed by atoms with E-state index in [4.69, 9.17) is 22.6 Å². The fourth-order valence-electron chi connectivity index (χ4n) is 3.41. The van der Waals surface area contributed by atoms with E-state index in [0.717, 1.165) is 29.2 Å². The van der Waals surface area contributed by atoms with Crippen LogP contribution in [0.2, 0.25) is 0 Å². The van der Waals surface area contributed by atoms with Crippen LogP contribution in [-0.2, 0) is 15.8 Å². The number of rotatable bonds is 4. The zero-order chi connectivity index (χ0) is 24.7. The Morgan fingerprint density at radius 1 is 1.18 bits per heavy atom. The van der Waals surface area contributed by atoms with Gasteiger partial charge < -0.3 is 10.0 Å². The fraction of sp³-hybridized carbons (Fsp3) is 0.182. The van der Waals surface area contributed by atoms with Crippen LogP contribution in [0.3, 0.4) is 0 Å². The first-order valence-electron chi connectivity index (χ1n) is 9.29. The largest absolute Gasteiger partial charge is 0.478 e. The molecule has 2 aromatic carbocycles. The highest BCUT2D eigenvalue weighted by molar-refractivity contribution is 7.81. The molecule has 0 saturated carbocycles. The zero-order valence-corrected chi connectivity index (χ0v) is 18.0. The monoisotopic (exact) mass is 477 g/mol. The average molecular weight is 477 g/mol. The smallest absolute Gasteiger partial charge is 0.417 e. The molecule has 0 unspecified atom stereocenters. The number of anilines is 2. The molecule has 33 heavy (non-hydrogen) atoms. The number of thiocarbonyl (C=S) groups is 1. The Hall–Kier alpha value is -3.78. The summed E-state index contributed by atoms with van der Waals surface area (Å²) >= 11 is 5.38. The van der Waals surface area contributed by atoms with Gasteiger partial charge in [-0.15, -0.1) is 0 Å². The molecule has 0 spiro atoms. The zero-order valence-electron chi connectivity index (χ0n) is 17.1. The number of hydrogen-bond acceptors (Lipinski definition) is 4. The first-order chi connectivity index (χ1) is 15.3. The standard InChI is InChI=1S/C22H15F4N3O3S/c1-21(2)19(32)28(14-6-4-13(11-27)16(9-14)22(24,25)26)20(33)29(21)15-7-3-12(17(23)10-15)5-8-18(30)31/h3-10H,1-2H3,(H,30,31)/b8-5+. The van der Waals surface area contributed by atoms with Gasteiger partial charge >= 0.3 is 12.1 Å². The second-order valence-electron chi connectivity index (χ2n) is 7.53. The van der Waals surface area contributed by atoms with Crippen LogP contribution in [0.5, 0.6) is 0 Å². The van der Waals surface area contributed by atoms with Crippen molar-refractivity contribution in [2.75, 3.05) is 9.80 Å². The molecule has 6 nitrogen and oxygen atoms in total. The number of alkyl halides is 3. The van der Waals surface area contributed by atoms with Gasteiger partial charge in [-0.05, 0) is 68.5 Å². The molecule has 0 atom stereocenters. The normalized spacial score (nSPS) is 15.9. The molecule has 0 aromatic heterocycles. The van der Waals surface area contributed by atoms with E-state index in [1.165, 1.54) is 43.0 Å². The SMILES string of the molecule is CC1(C)C(=O)N(c2ccc(C#N)c(C(F)(F)F)c2)C(=S)N1c1ccc(/C=C/C(=O)O)c(F)c1. The van der Waals surface area contributed by atoms with Crippen molar-refractivity contribution in [2.24, 2.45) is 0 Å². The van der Waals surface area contributed by atoms with Crippen LogP contribution in [-0.4, -0.2) is 27.6 Å². The molecule has 11 heteroatoms. The van der Waals surface area contributed by atoms with Gasteiger partial charge in [-0.1, -0.05) is 0 Å². The van der Waals surface area contributed by atoms with E-state index >= 15 is 0 Å². The maximum absolute atomic E-state index is 14.5. The van der Waals surface area contributed by atoms with Crippen molar-refractivity contribution < 1.29 is 32.3 Å². The van der Waals surface area contributed by atoms with Crippen LogP contribution >= 0.6 is 12.2 Å². The van der Waals surface area contributed by atoms with Crippen LogP contribution in [0.25, 0.3) is 6.08 Å². The third kappa shape index (κ3) is 4.29. The number of carboxylic acids is 1. The highest BCUT2D eigenvalue weighted by Crippen LogP contribution is 2.39. The van der Waals surface area contributed by atoms with Crippen LogP contribution in [0.4, 0.5) is 28.9 Å². The summed E-state index contributed by atoms with van der Waals surface area (Å²) in [4.78, 5) is 26.0. The Kier molecular flexibility index (Phi) is 6.00. The number of amides is 1. The Labute approximate surface area is 190 Å². The molecule has 1 saturated heterocycles. The first kappa shape index (κ1) is 23.9. The van der Waals surface area contributed by atoms with Gasteiger partial charge in [-0.3, -0.25) is 9.69 Å². The molecule has 3 rings (SSSR count). The van der Waals surface area contributed by atoms with Gasteiger partial charge in [0.05, 0.1) is 22.9 Å². The number of hydrogen-bond donors (Lipinski definition) is 1. The van der Waals surface area contributed by atoms with Crippen LogP contribution in [0, 0.1) is 17.1 Å². The van der Waals surface area contributed by atoms with Crippen LogP contribution in [0.1, 0.15) is 30.5 Å². The molecule has 0 bridgehead atoms. The summed E-state index contributed by atoms with van der Waals surface area (Å²) in [7, 11) is 0. The van der Waals surface area contributed by atoms with Gasteiger partial charge in [0.1, 0.15) is 11.4 Å². The lowest BCUT2D eigenvalue weighted by molar-refractivity contribution is -0.138. The van der Waals surface area contributed by atoms with E-state index in [1.54, 1.807) is 0 Å². The molecule has 2 aromatic rings. The summed E-state index contributed by atoms with van der Waals surface area (Å²) in [6.07, 6.45) is -3.01. The Morgan fingerprint density at radius 3 is 2.36 bits per heavy atom. The summed E-state index contributed by atoms with van der Waals surface area (Å²) in [5.41, 5.74) is -3.26. The lowest BCUT2D eigenvalue weighted by Gasteiger charge is -2.29. The Balaban J connectivity index is 2.07. The van der Waals surface area contributed by atoms with Gasteiger partial charge in [-0.25, -0.2) is 9.18 Å². The van der Waals surface area contributed by atoms with E-state index in [9.17, 15) is 27.2 Å². The average Bonchev–Trinajstić information content (AvgIpc) is 2.89. The summed E-state index contributed by atoms with van der Waals surface area (Å²) in [5, 5.41) is 17.5. The topological polar surface area (TPSA) is 84.6 Å². The molecular formula is C22H15F4N3O3S. The van der Waals surface area contributed by atoms with Crippen molar-refractivity contribution in [1.29, 1.82) is 5.26 Å². The molecule has 1 N–H and O–H groups in total. The third-order valence-corrected chi connectivity index (χ3v) is 5.37. The quantitative estimate of drug-likeness (QED) is 0.389. The molecule has 1 heterocycles. The molecule has 1 aliphatic rings. The molecule has 1 fully saturated rings. The number of carbonyl (C=O) groups excluding carboxylic acids is 1. The fourth-order valence-corrected chi connectivity index (χ4v) is 3.93. The molecular weight excluding hydrogens is 462 g/mol. The molecule has 1 aliphatic heterocycles. The predicted octanol–water partition coefficient (Wildman–Crippen LogP) is 4.73. The van der Waals surface area contributed by atoms with Crippen molar-refractivity contribution in [2.45, 2.75) is 25.6 Å². The van der Waals surface area contributed by atoms with Gasteiger partial charge in [0.15, 0.2) is 5.11 Å². The number of carbonyl (C=O) groups is 2. The second-order valence-corrected chi connectivity index (χ2v) is 7.90. The highest BCUT2D eigenvalue weighted by atomic mass is 32.1. The maximum Gasteiger partial charge on any atom is 0.417 e. The number of nitriles is 1. The van der Waals surface area contributed by atoms with Crippen molar-refractivity contribution in [3.05, 3.63) is 65.0 Å². The van der Waals surface area contributed by atoms with E-state index in [2.05, 4.69) is 0 Å². The van der Waals surface area contributed by atoms with E-state index in [-0.39, 0.29) is 22.1 Å². The van der Waals surface area contributed by atoms with Crippen molar-refractivity contribution in [1.82, 2.24) is 0 Å². The number of halogens is 4. The number of aliphatic carboxylic acids is 1. The van der Waals surface area contributed by atoms with Gasteiger partial charge in [-0.2, -0.15) is 18.4 Å². The summed E-state index contributed by atoms with van der Waals surface area (Å²) in [6.45, 7) is 2.96. The molecule has 0 aliphatic carbocycles. The number of nitrogens with zero attached hydrogens (tertiary/aromatic N) is 3. The van der Waals surface area contributed by atoms with E-state index in [0.29, 0.717) is 6.07 Å². The van der Waals surface area contributed by atoms with Crippen molar-refractivity contribution in [3.8, 4) is 6.07 Å². The molecule has 170 valence electrons. The van der Waals surface area contributed by atoms with E-state index < -0.39 is 40.5 Å². The summed E-state index contributed by atoms with van der Waals surface area (Å²) < 4.78 is 54.8. The lowest BCUT2D eigenvalue weighted by Crippen LogP contribution is -2.44. The van der Waals surface area contributed by atoms with Gasteiger partial charge in [0.2, 0.25) is 0 Å². The molecule has 1 amide bonds. The minimum Gasteiger partial charge on any atom is -0.478 e. The summed E-state index contributed by atoms with van der Waals surface area (Å²) in [5.74, 6) is -2.70. The van der Waals surface area contributed by atoms with E-state index in [1.807, 2.05) is 0 Å². The Bertz CT molecular complexity index is 1250. The maximum atomic E-state index is 14.5. The van der Waals surface area contributed by atoms with Crippen molar-refractivity contribution >= 4 is 46.7 Å². The van der Waals surface area contributed by atoms with Gasteiger partial charge in [0.25, 0.3) is 5.91 Å². The van der Waals surface area contributed by atoms with Crippen LogP contribution < -0.4 is 9.80 Å². The minimum atomic E-state index is -4.83. The minimum absolute atomic E-state index is 0.0193. The number of benzene rings is 2.